The summed E-state index contributed by atoms with van der Waals surface area (Å²) in [7, 11) is 3.21. The van der Waals surface area contributed by atoms with Crippen LogP contribution in [0.1, 0.15) is 81.9 Å². The predicted octanol–water partition coefficient (Wildman–Crippen LogP) is 8.15. The minimum atomic E-state index is -0.245. The second-order valence-electron chi connectivity index (χ2n) is 10.5. The van der Waals surface area contributed by atoms with Crippen LogP contribution in [0.2, 0.25) is 0 Å². The van der Waals surface area contributed by atoms with Crippen molar-refractivity contribution in [1.82, 2.24) is 0 Å². The van der Waals surface area contributed by atoms with Gasteiger partial charge < -0.3 is 18.9 Å². The molecule has 2 aromatic rings. The molecule has 1 heterocycles. The highest BCUT2D eigenvalue weighted by molar-refractivity contribution is 6.14. The van der Waals surface area contributed by atoms with Gasteiger partial charge in [-0.05, 0) is 97.2 Å². The lowest BCUT2D eigenvalue weighted by Crippen LogP contribution is -2.27. The topological polar surface area (TPSA) is 57.2 Å². The molecule has 0 saturated carbocycles. The summed E-state index contributed by atoms with van der Waals surface area (Å²) >= 11 is 0. The molecule has 39 heavy (non-hydrogen) atoms. The van der Waals surface area contributed by atoms with Crippen molar-refractivity contribution in [3.63, 3.8) is 0 Å². The average molecular weight is 534 g/mol. The zero-order valence-electron chi connectivity index (χ0n) is 24.9. The Labute approximate surface area is 233 Å². The molecule has 3 rings (SSSR count). The highest BCUT2D eigenvalue weighted by atomic mass is 16.5. The Morgan fingerprint density at radius 3 is 2.21 bits per heavy atom. The van der Waals surface area contributed by atoms with Gasteiger partial charge in [0.25, 0.3) is 5.91 Å². The normalized spacial score (nSPS) is 14.6. The molecule has 0 aliphatic carbocycles. The molecule has 0 radical (unpaired) electrons. The molecule has 0 unspecified atom stereocenters. The number of benzene rings is 2. The molecule has 1 aliphatic rings. The van der Waals surface area contributed by atoms with E-state index in [0.717, 1.165) is 35.3 Å². The van der Waals surface area contributed by atoms with Crippen molar-refractivity contribution in [3.05, 3.63) is 75.9 Å². The Hall–Kier alpha value is -3.67. The van der Waals surface area contributed by atoms with E-state index in [1.165, 1.54) is 11.1 Å². The van der Waals surface area contributed by atoms with Gasteiger partial charge in [0.1, 0.15) is 36.2 Å². The van der Waals surface area contributed by atoms with E-state index in [0.29, 0.717) is 41.7 Å². The summed E-state index contributed by atoms with van der Waals surface area (Å²) in [6.45, 7) is 15.2. The van der Waals surface area contributed by atoms with E-state index in [1.54, 1.807) is 19.1 Å². The predicted molar refractivity (Wildman–Crippen MR) is 159 cm³/mol. The first-order valence-corrected chi connectivity index (χ1v) is 13.5. The number of hydrogen-bond acceptors (Lipinski definition) is 5. The number of hydrogen-bond donors (Lipinski definition) is 0. The molecule has 0 saturated heterocycles. The number of allylic oxidation sites excluding steroid dienone is 4. The lowest BCUT2D eigenvalue weighted by molar-refractivity contribution is 0.0989. The number of carbonyl (C=O) groups is 1. The fraction of sp³-hybridized carbons (Fsp3) is 0.424. The van der Waals surface area contributed by atoms with E-state index in [4.69, 9.17) is 18.9 Å². The summed E-state index contributed by atoms with van der Waals surface area (Å²) in [6.07, 6.45) is 8.39. The van der Waals surface area contributed by atoms with Crippen molar-refractivity contribution in [2.45, 2.75) is 67.3 Å². The number of amides is 1. The zero-order valence-corrected chi connectivity index (χ0v) is 24.9. The summed E-state index contributed by atoms with van der Waals surface area (Å²) in [5.74, 6) is 2.38. The van der Waals surface area contributed by atoms with E-state index in [2.05, 4.69) is 32.9 Å². The highest BCUT2D eigenvalue weighted by Crippen LogP contribution is 2.48. The molecule has 0 bridgehead atoms. The Morgan fingerprint density at radius 1 is 0.897 bits per heavy atom. The minimum absolute atomic E-state index is 0.128. The SMILES string of the molecule is COc1ccc(N2C(=O)c3c(cc(OCC=C(C)CCC=C(C)C)c(C)c3OC)[C@@H]2C)c(OCC=C(C)C)c1. The number of rotatable bonds is 12. The summed E-state index contributed by atoms with van der Waals surface area (Å²) in [6, 6.07) is 7.27. The fourth-order valence-corrected chi connectivity index (χ4v) is 4.66. The van der Waals surface area contributed by atoms with Gasteiger partial charge >= 0.3 is 0 Å². The van der Waals surface area contributed by atoms with Crippen molar-refractivity contribution in [2.75, 3.05) is 32.3 Å². The van der Waals surface area contributed by atoms with Crippen molar-refractivity contribution < 1.29 is 23.7 Å². The summed E-state index contributed by atoms with van der Waals surface area (Å²) in [5.41, 5.74) is 6.70. The average Bonchev–Trinajstić information content (AvgIpc) is 3.13. The van der Waals surface area contributed by atoms with E-state index >= 15 is 0 Å². The zero-order chi connectivity index (χ0) is 28.7. The van der Waals surface area contributed by atoms with Crippen LogP contribution in [0, 0.1) is 6.92 Å². The van der Waals surface area contributed by atoms with Crippen LogP contribution in [-0.4, -0.2) is 33.3 Å². The monoisotopic (exact) mass is 533 g/mol. The molecular weight excluding hydrogens is 490 g/mol. The molecule has 1 atom stereocenters. The molecule has 6 heteroatoms. The van der Waals surface area contributed by atoms with Gasteiger partial charge in [0.15, 0.2) is 0 Å². The standard InChI is InChI=1S/C33H43NO5/c1-21(2)11-10-12-23(5)16-18-38-29-20-27-25(7)34(33(35)31(27)32(37-9)24(29)6)28-14-13-26(36-8)19-30(28)39-17-15-22(3)4/h11,13-16,19-20,25H,10,12,17-18H2,1-9H3/t25-/m0/s1. The summed E-state index contributed by atoms with van der Waals surface area (Å²) in [4.78, 5) is 15.6. The third kappa shape index (κ3) is 7.05. The number of ether oxygens (including phenoxy) is 4. The van der Waals surface area contributed by atoms with Gasteiger partial charge in [0.2, 0.25) is 0 Å². The van der Waals surface area contributed by atoms with Crippen molar-refractivity contribution >= 4 is 11.6 Å². The van der Waals surface area contributed by atoms with Crippen LogP contribution in [0.4, 0.5) is 5.69 Å². The maximum Gasteiger partial charge on any atom is 0.263 e. The summed E-state index contributed by atoms with van der Waals surface area (Å²) < 4.78 is 23.5. The second-order valence-corrected chi connectivity index (χ2v) is 10.5. The number of carbonyl (C=O) groups excluding carboxylic acids is 1. The molecule has 0 aromatic heterocycles. The Balaban J connectivity index is 1.92. The van der Waals surface area contributed by atoms with Crippen LogP contribution in [0.5, 0.6) is 23.0 Å². The van der Waals surface area contributed by atoms with Gasteiger partial charge in [0, 0.05) is 11.6 Å². The first-order valence-electron chi connectivity index (χ1n) is 13.5. The molecule has 0 fully saturated rings. The van der Waals surface area contributed by atoms with Gasteiger partial charge in [-0.2, -0.15) is 0 Å². The molecular formula is C33H43NO5. The molecule has 2 aromatic carbocycles. The molecule has 6 nitrogen and oxygen atoms in total. The Bertz CT molecular complexity index is 1280. The number of anilines is 1. The maximum absolute atomic E-state index is 13.9. The lowest BCUT2D eigenvalue weighted by atomic mass is 10.0. The number of fused-ring (bicyclic) bond motifs is 1. The van der Waals surface area contributed by atoms with Crippen LogP contribution in [0.25, 0.3) is 0 Å². The highest BCUT2D eigenvalue weighted by Gasteiger charge is 2.40. The van der Waals surface area contributed by atoms with Gasteiger partial charge in [-0.3, -0.25) is 9.69 Å². The van der Waals surface area contributed by atoms with E-state index in [9.17, 15) is 4.79 Å². The molecule has 1 aliphatic heterocycles. The smallest absolute Gasteiger partial charge is 0.263 e. The Morgan fingerprint density at radius 2 is 1.56 bits per heavy atom. The van der Waals surface area contributed by atoms with Crippen LogP contribution in [0.3, 0.4) is 0 Å². The van der Waals surface area contributed by atoms with Gasteiger partial charge in [-0.1, -0.05) is 22.8 Å². The van der Waals surface area contributed by atoms with Crippen molar-refractivity contribution in [1.29, 1.82) is 0 Å². The van der Waals surface area contributed by atoms with Crippen LogP contribution in [0.15, 0.2) is 59.2 Å². The van der Waals surface area contributed by atoms with Crippen LogP contribution < -0.4 is 23.8 Å². The third-order valence-electron chi connectivity index (χ3n) is 6.91. The van der Waals surface area contributed by atoms with E-state index in [1.807, 2.05) is 58.0 Å². The van der Waals surface area contributed by atoms with Crippen molar-refractivity contribution in [3.8, 4) is 23.0 Å². The lowest BCUT2D eigenvalue weighted by Gasteiger charge is -2.25. The first-order chi connectivity index (χ1) is 18.6. The van der Waals surface area contributed by atoms with Gasteiger partial charge in [-0.25, -0.2) is 0 Å². The molecule has 210 valence electrons. The largest absolute Gasteiger partial charge is 0.497 e. The summed E-state index contributed by atoms with van der Waals surface area (Å²) in [5, 5.41) is 0. The second kappa shape index (κ2) is 13.4. The van der Waals surface area contributed by atoms with Crippen LogP contribution >= 0.6 is 0 Å². The fourth-order valence-electron chi connectivity index (χ4n) is 4.66. The molecule has 0 spiro atoms. The first kappa shape index (κ1) is 29.9. The van der Waals surface area contributed by atoms with Gasteiger partial charge in [0.05, 0.1) is 31.5 Å². The molecule has 0 N–H and O–H groups in total. The number of nitrogens with zero attached hydrogens (tertiary/aromatic N) is 1. The van der Waals surface area contributed by atoms with E-state index < -0.39 is 0 Å². The van der Waals surface area contributed by atoms with Crippen LogP contribution in [-0.2, 0) is 0 Å². The minimum Gasteiger partial charge on any atom is -0.497 e. The molecule has 1 amide bonds. The quantitative estimate of drug-likeness (QED) is 0.258. The van der Waals surface area contributed by atoms with Gasteiger partial charge in [-0.15, -0.1) is 0 Å². The van der Waals surface area contributed by atoms with Crippen molar-refractivity contribution in [2.24, 2.45) is 0 Å². The van der Waals surface area contributed by atoms with E-state index in [-0.39, 0.29) is 11.9 Å². The number of methoxy groups -OCH3 is 2. The Kier molecular flexibility index (Phi) is 10.3. The maximum atomic E-state index is 13.9. The third-order valence-corrected chi connectivity index (χ3v) is 6.91.